The maximum absolute atomic E-state index is 5.26. The summed E-state index contributed by atoms with van der Waals surface area (Å²) in [4.78, 5) is 2.38. The Hall–Kier alpha value is -1.58. The van der Waals surface area contributed by atoms with Gasteiger partial charge in [0.1, 0.15) is 5.75 Å². The van der Waals surface area contributed by atoms with Gasteiger partial charge in [-0.1, -0.05) is 91.7 Å². The summed E-state index contributed by atoms with van der Waals surface area (Å²) >= 11 is 0. The van der Waals surface area contributed by atoms with Crippen LogP contribution in [0.3, 0.4) is 0 Å². The third kappa shape index (κ3) is 16.2. The van der Waals surface area contributed by atoms with Crippen LogP contribution in [0.5, 0.6) is 5.75 Å². The monoisotopic (exact) mass is 421 g/mol. The van der Waals surface area contributed by atoms with Gasteiger partial charge in [-0.2, -0.15) is 0 Å². The molecule has 0 aliphatic rings. The van der Waals surface area contributed by atoms with Crippen LogP contribution in [-0.4, -0.2) is 39.3 Å². The van der Waals surface area contributed by atoms with Crippen molar-refractivity contribution in [2.24, 2.45) is 0 Å². The molecule has 1 aromatic rings. The van der Waals surface area contributed by atoms with Crippen molar-refractivity contribution in [2.45, 2.75) is 80.7 Å². The van der Waals surface area contributed by atoms with Crippen LogP contribution in [-0.2, 0) is 4.74 Å². The molecule has 3 heteroatoms. The first-order valence-corrected chi connectivity index (χ1v) is 11.7. The van der Waals surface area contributed by atoms with E-state index in [4.69, 9.17) is 9.47 Å². The number of nitrogens with zero attached hydrogens (tertiary/aromatic N) is 1. The van der Waals surface area contributed by atoms with Crippen LogP contribution < -0.4 is 4.74 Å². The quantitative estimate of drug-likeness (QED) is 0.376. The number of methoxy groups -OCH3 is 2. The summed E-state index contributed by atoms with van der Waals surface area (Å²) in [5.74, 6) is 0.887. The lowest BCUT2D eigenvalue weighted by Crippen LogP contribution is -2.26. The van der Waals surface area contributed by atoms with Crippen molar-refractivity contribution < 1.29 is 9.47 Å². The van der Waals surface area contributed by atoms with E-state index in [1.165, 1.54) is 24.0 Å². The number of benzene rings is 1. The predicted molar refractivity (Wildman–Crippen MR) is 137 cm³/mol. The standard InChI is InChI=1S/C19H29NO2.2C3H8.C2H6/c1-6-14-20(3)19(16(7-2)9-8-15-21-4)17-10-12-18(22-5)13-11-17;2*1-3-2;1-2/h7-13,19H,6,14-15H2,1-5H3;2*3H2,1-2H3;1-2H3/b9-8-,16-7+;;;. The molecule has 0 radical (unpaired) electrons. The SMILES string of the molecule is C/C=C(\C=C/COC)C(c1ccc(OC)cc1)N(C)CCC.CC.CCC.CCC. The molecular formula is C27H51NO2. The minimum absolute atomic E-state index is 0.240. The lowest BCUT2D eigenvalue weighted by atomic mass is 9.96. The van der Waals surface area contributed by atoms with Gasteiger partial charge in [0, 0.05) is 7.11 Å². The van der Waals surface area contributed by atoms with Crippen molar-refractivity contribution in [1.82, 2.24) is 4.90 Å². The molecule has 0 amide bonds. The fraction of sp³-hybridized carbons (Fsp3) is 0.630. The molecule has 1 unspecified atom stereocenters. The second-order valence-corrected chi connectivity index (χ2v) is 6.72. The molecule has 1 rings (SSSR count). The minimum atomic E-state index is 0.240. The van der Waals surface area contributed by atoms with Crippen LogP contribution in [0, 0.1) is 0 Å². The number of allylic oxidation sites excluding steroid dienone is 1. The van der Waals surface area contributed by atoms with Gasteiger partial charge in [0.2, 0.25) is 0 Å². The van der Waals surface area contributed by atoms with Gasteiger partial charge >= 0.3 is 0 Å². The largest absolute Gasteiger partial charge is 0.497 e. The maximum atomic E-state index is 5.26. The summed E-state index contributed by atoms with van der Waals surface area (Å²) in [6, 6.07) is 8.57. The van der Waals surface area contributed by atoms with Crippen LogP contribution in [0.2, 0.25) is 0 Å². The number of likely N-dealkylation sites (N-methyl/N-ethyl adjacent to an activating group) is 1. The van der Waals surface area contributed by atoms with E-state index < -0.39 is 0 Å². The molecule has 0 N–H and O–H groups in total. The maximum Gasteiger partial charge on any atom is 0.118 e. The highest BCUT2D eigenvalue weighted by Gasteiger charge is 2.19. The number of ether oxygens (including phenoxy) is 2. The average molecular weight is 422 g/mol. The van der Waals surface area contributed by atoms with Crippen molar-refractivity contribution in [3.05, 3.63) is 53.6 Å². The second-order valence-electron chi connectivity index (χ2n) is 6.72. The third-order valence-corrected chi connectivity index (χ3v) is 3.67. The van der Waals surface area contributed by atoms with E-state index in [-0.39, 0.29) is 6.04 Å². The van der Waals surface area contributed by atoms with Crippen molar-refractivity contribution in [3.8, 4) is 5.75 Å². The molecule has 0 saturated carbocycles. The molecule has 3 nitrogen and oxygen atoms in total. The molecule has 1 atom stereocenters. The fourth-order valence-corrected chi connectivity index (χ4v) is 2.60. The zero-order valence-corrected chi connectivity index (χ0v) is 21.9. The highest BCUT2D eigenvalue weighted by atomic mass is 16.5. The Morgan fingerprint density at radius 2 is 1.47 bits per heavy atom. The van der Waals surface area contributed by atoms with Crippen molar-refractivity contribution in [3.63, 3.8) is 0 Å². The number of rotatable bonds is 9. The molecule has 30 heavy (non-hydrogen) atoms. The first-order valence-electron chi connectivity index (χ1n) is 11.7. The molecule has 0 fully saturated rings. The summed E-state index contributed by atoms with van der Waals surface area (Å²) in [5, 5.41) is 0. The van der Waals surface area contributed by atoms with Crippen molar-refractivity contribution in [1.29, 1.82) is 0 Å². The molecule has 0 aliphatic heterocycles. The second kappa shape index (κ2) is 25.5. The minimum Gasteiger partial charge on any atom is -0.497 e. The number of hydrogen-bond acceptors (Lipinski definition) is 3. The van der Waals surface area contributed by atoms with E-state index in [2.05, 4.69) is 83.9 Å². The van der Waals surface area contributed by atoms with Gasteiger partial charge in [-0.05, 0) is 50.2 Å². The van der Waals surface area contributed by atoms with Gasteiger partial charge in [0.15, 0.2) is 0 Å². The van der Waals surface area contributed by atoms with Crippen molar-refractivity contribution in [2.75, 3.05) is 34.4 Å². The highest BCUT2D eigenvalue weighted by molar-refractivity contribution is 5.37. The van der Waals surface area contributed by atoms with E-state index in [0.717, 1.165) is 18.7 Å². The summed E-state index contributed by atoms with van der Waals surface area (Å²) in [7, 11) is 5.58. The highest BCUT2D eigenvalue weighted by Crippen LogP contribution is 2.30. The Bertz CT molecular complexity index is 504. The zero-order chi connectivity index (χ0) is 23.8. The summed E-state index contributed by atoms with van der Waals surface area (Å²) in [5.41, 5.74) is 2.55. The first kappa shape index (κ1) is 33.1. The summed E-state index contributed by atoms with van der Waals surface area (Å²) < 4.78 is 10.4. The van der Waals surface area contributed by atoms with E-state index >= 15 is 0 Å². The zero-order valence-electron chi connectivity index (χ0n) is 21.9. The number of hydrogen-bond donors (Lipinski definition) is 0. The summed E-state index contributed by atoms with van der Waals surface area (Å²) in [6.45, 7) is 18.5. The van der Waals surface area contributed by atoms with Crippen LogP contribution in [0.25, 0.3) is 0 Å². The fourth-order valence-electron chi connectivity index (χ4n) is 2.60. The molecule has 0 saturated heterocycles. The van der Waals surface area contributed by atoms with E-state index in [0.29, 0.717) is 6.61 Å². The van der Waals surface area contributed by atoms with Crippen LogP contribution >= 0.6 is 0 Å². The Morgan fingerprint density at radius 3 is 1.83 bits per heavy atom. The molecular weight excluding hydrogens is 370 g/mol. The van der Waals surface area contributed by atoms with Crippen molar-refractivity contribution >= 4 is 0 Å². The van der Waals surface area contributed by atoms with E-state index in [1.54, 1.807) is 14.2 Å². The van der Waals surface area contributed by atoms with Crippen LogP contribution in [0.1, 0.15) is 86.3 Å². The lowest BCUT2D eigenvalue weighted by molar-refractivity contribution is 0.233. The van der Waals surface area contributed by atoms with Gasteiger partial charge in [-0.3, -0.25) is 4.90 Å². The van der Waals surface area contributed by atoms with Crippen LogP contribution in [0.15, 0.2) is 48.1 Å². The Morgan fingerprint density at radius 1 is 0.967 bits per heavy atom. The molecule has 0 aliphatic carbocycles. The molecule has 0 heterocycles. The van der Waals surface area contributed by atoms with Gasteiger partial charge < -0.3 is 9.47 Å². The topological polar surface area (TPSA) is 21.7 Å². The molecule has 0 aromatic heterocycles. The smallest absolute Gasteiger partial charge is 0.118 e. The Kier molecular flexibility index (Phi) is 28.1. The van der Waals surface area contributed by atoms with E-state index in [1.807, 2.05) is 26.0 Å². The van der Waals surface area contributed by atoms with Gasteiger partial charge in [0.25, 0.3) is 0 Å². The molecule has 176 valence electrons. The third-order valence-electron chi connectivity index (χ3n) is 3.67. The van der Waals surface area contributed by atoms with Gasteiger partial charge in [0.05, 0.1) is 19.8 Å². The molecule has 0 spiro atoms. The molecule has 1 aromatic carbocycles. The lowest BCUT2D eigenvalue weighted by Gasteiger charge is -2.29. The van der Waals surface area contributed by atoms with Gasteiger partial charge in [-0.25, -0.2) is 0 Å². The normalized spacial score (nSPS) is 11.5. The van der Waals surface area contributed by atoms with E-state index in [9.17, 15) is 0 Å². The predicted octanol–water partition coefficient (Wildman–Crippen LogP) is 8.09. The molecule has 0 bridgehead atoms. The first-order chi connectivity index (χ1) is 14.5. The average Bonchev–Trinajstić information content (AvgIpc) is 2.76. The van der Waals surface area contributed by atoms with Crippen LogP contribution in [0.4, 0.5) is 0 Å². The van der Waals surface area contributed by atoms with Gasteiger partial charge in [-0.15, -0.1) is 0 Å². The Labute approximate surface area is 189 Å². The summed E-state index contributed by atoms with van der Waals surface area (Å²) in [6.07, 6.45) is 10.0. The Balaban J connectivity index is -0.000000792.